The van der Waals surface area contributed by atoms with E-state index < -0.39 is 0 Å². The maximum absolute atomic E-state index is 10.7. The lowest BCUT2D eigenvalue weighted by Crippen LogP contribution is -2.26. The van der Waals surface area contributed by atoms with Crippen molar-refractivity contribution in [3.63, 3.8) is 0 Å². The lowest BCUT2D eigenvalue weighted by atomic mass is 10.1. The van der Waals surface area contributed by atoms with Crippen LogP contribution in [0.5, 0.6) is 0 Å². The summed E-state index contributed by atoms with van der Waals surface area (Å²) in [5, 5.41) is 8.81. The molecule has 0 radical (unpaired) electrons. The van der Waals surface area contributed by atoms with E-state index in [-0.39, 0.29) is 12.4 Å². The van der Waals surface area contributed by atoms with E-state index in [0.29, 0.717) is 12.5 Å². The molecular weight excluding hydrogens is 166 g/mol. The summed E-state index contributed by atoms with van der Waals surface area (Å²) in [7, 11) is 0. The molecule has 0 spiro atoms. The highest BCUT2D eigenvalue weighted by molar-refractivity contribution is 5.77. The van der Waals surface area contributed by atoms with E-state index >= 15 is 0 Å². The standard InChI is InChI=1S/C8H15NO2.C2H6/c1-7(11)4-9-3-2-8(5-9)6-10;1-2/h8,10H,2-6H2,1H3;1-2H3. The third-order valence-corrected chi connectivity index (χ3v) is 2.07. The van der Waals surface area contributed by atoms with Crippen LogP contribution in [0.15, 0.2) is 0 Å². The molecule has 0 bridgehead atoms. The summed E-state index contributed by atoms with van der Waals surface area (Å²) in [5.74, 6) is 0.609. The van der Waals surface area contributed by atoms with Gasteiger partial charge in [-0.3, -0.25) is 9.69 Å². The summed E-state index contributed by atoms with van der Waals surface area (Å²) in [4.78, 5) is 12.8. The number of rotatable bonds is 3. The molecule has 78 valence electrons. The summed E-state index contributed by atoms with van der Waals surface area (Å²) in [5.41, 5.74) is 0. The van der Waals surface area contributed by atoms with Crippen LogP contribution < -0.4 is 0 Å². The molecule has 1 heterocycles. The highest BCUT2D eigenvalue weighted by Crippen LogP contribution is 2.14. The van der Waals surface area contributed by atoms with Crippen molar-refractivity contribution in [2.75, 3.05) is 26.2 Å². The fourth-order valence-corrected chi connectivity index (χ4v) is 1.52. The number of carbonyl (C=O) groups excluding carboxylic acids is 1. The molecule has 0 aliphatic carbocycles. The zero-order valence-electron chi connectivity index (χ0n) is 8.92. The molecule has 0 amide bonds. The molecule has 3 nitrogen and oxygen atoms in total. The number of hydrogen-bond acceptors (Lipinski definition) is 3. The Balaban J connectivity index is 0.000000671. The van der Waals surface area contributed by atoms with Crippen molar-refractivity contribution in [3.8, 4) is 0 Å². The first-order valence-electron chi connectivity index (χ1n) is 5.05. The predicted molar refractivity (Wildman–Crippen MR) is 53.7 cm³/mol. The van der Waals surface area contributed by atoms with Gasteiger partial charge in [-0.25, -0.2) is 0 Å². The van der Waals surface area contributed by atoms with Gasteiger partial charge >= 0.3 is 0 Å². The Hall–Kier alpha value is -0.410. The maximum atomic E-state index is 10.7. The molecule has 0 saturated carbocycles. The highest BCUT2D eigenvalue weighted by Gasteiger charge is 2.21. The van der Waals surface area contributed by atoms with E-state index in [1.165, 1.54) is 0 Å². The van der Waals surface area contributed by atoms with Gasteiger partial charge in [0.25, 0.3) is 0 Å². The molecule has 1 N–H and O–H groups in total. The quantitative estimate of drug-likeness (QED) is 0.714. The van der Waals surface area contributed by atoms with Gasteiger partial charge in [-0.05, 0) is 25.8 Å². The SMILES string of the molecule is CC.CC(=O)CN1CCC(CO)C1. The van der Waals surface area contributed by atoms with Gasteiger partial charge in [0.05, 0.1) is 6.54 Å². The summed E-state index contributed by atoms with van der Waals surface area (Å²) < 4.78 is 0. The van der Waals surface area contributed by atoms with Crippen molar-refractivity contribution in [2.45, 2.75) is 27.2 Å². The second-order valence-corrected chi connectivity index (χ2v) is 3.27. The van der Waals surface area contributed by atoms with Gasteiger partial charge in [-0.2, -0.15) is 0 Å². The largest absolute Gasteiger partial charge is 0.396 e. The van der Waals surface area contributed by atoms with E-state index in [0.717, 1.165) is 19.5 Å². The second kappa shape index (κ2) is 7.04. The van der Waals surface area contributed by atoms with E-state index in [1.54, 1.807) is 6.92 Å². The van der Waals surface area contributed by atoms with E-state index in [4.69, 9.17) is 5.11 Å². The third kappa shape index (κ3) is 5.01. The highest BCUT2D eigenvalue weighted by atomic mass is 16.3. The van der Waals surface area contributed by atoms with Gasteiger partial charge in [0.2, 0.25) is 0 Å². The molecule has 1 fully saturated rings. The van der Waals surface area contributed by atoms with Crippen molar-refractivity contribution in [2.24, 2.45) is 5.92 Å². The summed E-state index contributed by atoms with van der Waals surface area (Å²) in [6.45, 7) is 8.26. The Kier molecular flexibility index (Phi) is 6.82. The van der Waals surface area contributed by atoms with Crippen LogP contribution in [0.1, 0.15) is 27.2 Å². The summed E-state index contributed by atoms with van der Waals surface area (Å²) in [6.07, 6.45) is 1.03. The Labute approximate surface area is 80.7 Å². The minimum Gasteiger partial charge on any atom is -0.396 e. The molecule has 1 aliphatic rings. The first-order chi connectivity index (χ1) is 6.22. The van der Waals surface area contributed by atoms with Crippen LogP contribution >= 0.6 is 0 Å². The minimum absolute atomic E-state index is 0.212. The first-order valence-corrected chi connectivity index (χ1v) is 5.05. The number of nitrogens with zero attached hydrogens (tertiary/aromatic N) is 1. The van der Waals surface area contributed by atoms with Crippen LogP contribution in [-0.4, -0.2) is 42.0 Å². The molecule has 0 aromatic carbocycles. The Morgan fingerprint density at radius 1 is 1.54 bits per heavy atom. The lowest BCUT2D eigenvalue weighted by Gasteiger charge is -2.12. The molecule has 1 atom stereocenters. The fourth-order valence-electron chi connectivity index (χ4n) is 1.52. The van der Waals surface area contributed by atoms with Crippen molar-refractivity contribution in [1.82, 2.24) is 4.90 Å². The monoisotopic (exact) mass is 187 g/mol. The first kappa shape index (κ1) is 12.6. The van der Waals surface area contributed by atoms with Crippen LogP contribution in [-0.2, 0) is 4.79 Å². The fraction of sp³-hybridized carbons (Fsp3) is 0.900. The molecule has 0 aromatic rings. The van der Waals surface area contributed by atoms with Crippen molar-refractivity contribution in [1.29, 1.82) is 0 Å². The van der Waals surface area contributed by atoms with Crippen molar-refractivity contribution >= 4 is 5.78 Å². The van der Waals surface area contributed by atoms with Gasteiger partial charge in [-0.1, -0.05) is 13.8 Å². The molecule has 1 aliphatic heterocycles. The van der Waals surface area contributed by atoms with Crippen LogP contribution in [0.3, 0.4) is 0 Å². The number of Topliss-reactive ketones (excluding diaryl/α,β-unsaturated/α-hetero) is 1. The van der Waals surface area contributed by atoms with Gasteiger partial charge < -0.3 is 5.11 Å². The summed E-state index contributed by atoms with van der Waals surface area (Å²) in [6, 6.07) is 0. The van der Waals surface area contributed by atoms with Crippen LogP contribution in [0.2, 0.25) is 0 Å². The number of aliphatic hydroxyl groups excluding tert-OH is 1. The van der Waals surface area contributed by atoms with Gasteiger partial charge in [0, 0.05) is 13.2 Å². The van der Waals surface area contributed by atoms with Gasteiger partial charge in [0.1, 0.15) is 5.78 Å². The van der Waals surface area contributed by atoms with E-state index in [9.17, 15) is 4.79 Å². The molecule has 1 rings (SSSR count). The normalized spacial score (nSPS) is 22.3. The van der Waals surface area contributed by atoms with Crippen molar-refractivity contribution in [3.05, 3.63) is 0 Å². The number of carbonyl (C=O) groups is 1. The lowest BCUT2D eigenvalue weighted by molar-refractivity contribution is -0.117. The molecule has 3 heteroatoms. The molecule has 1 unspecified atom stereocenters. The number of aliphatic hydroxyl groups is 1. The van der Waals surface area contributed by atoms with E-state index in [1.807, 2.05) is 13.8 Å². The van der Waals surface area contributed by atoms with Crippen LogP contribution in [0, 0.1) is 5.92 Å². The average Bonchev–Trinajstić information content (AvgIpc) is 2.55. The third-order valence-electron chi connectivity index (χ3n) is 2.07. The number of likely N-dealkylation sites (tertiary alicyclic amines) is 1. The number of hydrogen-bond donors (Lipinski definition) is 1. The van der Waals surface area contributed by atoms with E-state index in [2.05, 4.69) is 4.90 Å². The van der Waals surface area contributed by atoms with Crippen LogP contribution in [0.4, 0.5) is 0 Å². The second-order valence-electron chi connectivity index (χ2n) is 3.27. The minimum atomic E-state index is 0.212. The average molecular weight is 187 g/mol. The molecular formula is C10H21NO2. The van der Waals surface area contributed by atoms with Gasteiger partial charge in [0.15, 0.2) is 0 Å². The van der Waals surface area contributed by atoms with Crippen LogP contribution in [0.25, 0.3) is 0 Å². The Bertz CT molecular complexity index is 148. The Morgan fingerprint density at radius 3 is 2.54 bits per heavy atom. The Morgan fingerprint density at radius 2 is 2.15 bits per heavy atom. The zero-order valence-corrected chi connectivity index (χ0v) is 8.92. The number of ketones is 1. The summed E-state index contributed by atoms with van der Waals surface area (Å²) >= 11 is 0. The van der Waals surface area contributed by atoms with Gasteiger partial charge in [-0.15, -0.1) is 0 Å². The topological polar surface area (TPSA) is 40.5 Å². The molecule has 0 aromatic heterocycles. The smallest absolute Gasteiger partial charge is 0.143 e. The molecule has 13 heavy (non-hydrogen) atoms. The molecule has 1 saturated heterocycles. The predicted octanol–water partition coefficient (Wildman–Crippen LogP) is 0.916. The maximum Gasteiger partial charge on any atom is 0.143 e. The zero-order chi connectivity index (χ0) is 10.3. The van der Waals surface area contributed by atoms with Crippen molar-refractivity contribution < 1.29 is 9.90 Å².